The van der Waals surface area contributed by atoms with Crippen LogP contribution in [0.25, 0.3) is 0 Å². The van der Waals surface area contributed by atoms with Crippen molar-refractivity contribution in [2.24, 2.45) is 5.92 Å². The number of benzene rings is 1. The Morgan fingerprint density at radius 3 is 2.68 bits per heavy atom. The topological polar surface area (TPSA) is 75.6 Å². The summed E-state index contributed by atoms with van der Waals surface area (Å²) < 4.78 is 18.1. The number of hydrogen-bond donors (Lipinski definition) is 2. The van der Waals surface area contributed by atoms with Crippen LogP contribution in [0.3, 0.4) is 0 Å². The molecule has 1 atom stereocenters. The minimum atomic E-state index is -1.08. The molecule has 0 spiro atoms. The third kappa shape index (κ3) is 3.01. The average Bonchev–Trinajstić information content (AvgIpc) is 3.19. The van der Waals surface area contributed by atoms with Gasteiger partial charge >= 0.3 is 5.97 Å². The van der Waals surface area contributed by atoms with Gasteiger partial charge in [0.2, 0.25) is 0 Å². The van der Waals surface area contributed by atoms with Gasteiger partial charge in [-0.05, 0) is 37.0 Å². The van der Waals surface area contributed by atoms with Gasteiger partial charge in [0.15, 0.2) is 0 Å². The van der Waals surface area contributed by atoms with Gasteiger partial charge in [-0.2, -0.15) is 0 Å². The van der Waals surface area contributed by atoms with E-state index in [1.165, 1.54) is 19.2 Å². The molecule has 1 amide bonds. The summed E-state index contributed by atoms with van der Waals surface area (Å²) in [6.07, 6.45) is 1.55. The molecular formula is C13H14FNO4. The first-order valence-corrected chi connectivity index (χ1v) is 5.90. The van der Waals surface area contributed by atoms with E-state index in [4.69, 9.17) is 9.84 Å². The second-order valence-corrected chi connectivity index (χ2v) is 4.47. The number of carbonyl (C=O) groups excluding carboxylic acids is 1. The number of nitrogens with one attached hydrogen (secondary N) is 1. The molecule has 1 fully saturated rings. The van der Waals surface area contributed by atoms with E-state index in [0.29, 0.717) is 0 Å². The van der Waals surface area contributed by atoms with Crippen LogP contribution in [-0.4, -0.2) is 30.1 Å². The molecule has 0 saturated heterocycles. The molecule has 0 heterocycles. The first-order valence-electron chi connectivity index (χ1n) is 5.90. The second kappa shape index (κ2) is 5.26. The fourth-order valence-corrected chi connectivity index (χ4v) is 1.89. The van der Waals surface area contributed by atoms with Gasteiger partial charge in [0, 0.05) is 0 Å². The third-order valence-electron chi connectivity index (χ3n) is 3.05. The number of carboxylic acids is 1. The number of ether oxygens (including phenoxy) is 1. The molecule has 102 valence electrons. The maximum atomic E-state index is 13.2. The van der Waals surface area contributed by atoms with E-state index in [2.05, 4.69) is 5.32 Å². The van der Waals surface area contributed by atoms with Crippen LogP contribution in [0.5, 0.6) is 5.75 Å². The van der Waals surface area contributed by atoms with Crippen molar-refractivity contribution in [3.8, 4) is 5.75 Å². The monoisotopic (exact) mass is 267 g/mol. The molecule has 6 heteroatoms. The van der Waals surface area contributed by atoms with Gasteiger partial charge in [0.1, 0.15) is 17.6 Å². The Hall–Kier alpha value is -2.11. The summed E-state index contributed by atoms with van der Waals surface area (Å²) in [7, 11) is 1.36. The van der Waals surface area contributed by atoms with Crippen LogP contribution in [0, 0.1) is 11.7 Å². The minimum absolute atomic E-state index is 0.00519. The van der Waals surface area contributed by atoms with Crippen LogP contribution in [0.15, 0.2) is 18.2 Å². The van der Waals surface area contributed by atoms with Crippen molar-refractivity contribution in [1.82, 2.24) is 5.32 Å². The highest BCUT2D eigenvalue weighted by atomic mass is 19.1. The molecule has 0 aliphatic heterocycles. The molecule has 1 aromatic rings. The fourth-order valence-electron chi connectivity index (χ4n) is 1.89. The van der Waals surface area contributed by atoms with E-state index in [1.54, 1.807) is 0 Å². The Balaban J connectivity index is 2.19. The molecule has 1 aliphatic rings. The van der Waals surface area contributed by atoms with Crippen molar-refractivity contribution in [3.05, 3.63) is 29.6 Å². The van der Waals surface area contributed by atoms with Gasteiger partial charge in [-0.15, -0.1) is 0 Å². The normalized spacial score (nSPS) is 15.7. The summed E-state index contributed by atoms with van der Waals surface area (Å²) in [5, 5.41) is 11.5. The highest BCUT2D eigenvalue weighted by molar-refractivity contribution is 5.99. The van der Waals surface area contributed by atoms with E-state index in [-0.39, 0.29) is 17.2 Å². The van der Waals surface area contributed by atoms with Crippen LogP contribution in [0.4, 0.5) is 4.39 Å². The number of carboxylic acid groups (broad SMARTS) is 1. The first kappa shape index (κ1) is 13.3. The fraction of sp³-hybridized carbons (Fsp3) is 0.385. The molecule has 5 nitrogen and oxygen atoms in total. The van der Waals surface area contributed by atoms with E-state index in [0.717, 1.165) is 18.9 Å². The number of rotatable bonds is 5. The molecule has 2 N–H and O–H groups in total. The van der Waals surface area contributed by atoms with E-state index in [1.807, 2.05) is 0 Å². The Labute approximate surface area is 109 Å². The molecular weight excluding hydrogens is 253 g/mol. The van der Waals surface area contributed by atoms with Crippen LogP contribution < -0.4 is 10.1 Å². The van der Waals surface area contributed by atoms with Crippen molar-refractivity contribution in [2.75, 3.05) is 7.11 Å². The predicted molar refractivity (Wildman–Crippen MR) is 64.6 cm³/mol. The maximum absolute atomic E-state index is 13.2. The molecule has 1 aromatic carbocycles. The molecule has 1 aliphatic carbocycles. The molecule has 1 saturated carbocycles. The van der Waals surface area contributed by atoms with Crippen molar-refractivity contribution in [1.29, 1.82) is 0 Å². The van der Waals surface area contributed by atoms with Crippen molar-refractivity contribution in [2.45, 2.75) is 18.9 Å². The van der Waals surface area contributed by atoms with Crippen LogP contribution in [-0.2, 0) is 4.79 Å². The lowest BCUT2D eigenvalue weighted by atomic mass is 10.1. The van der Waals surface area contributed by atoms with Crippen molar-refractivity contribution >= 4 is 11.9 Å². The van der Waals surface area contributed by atoms with E-state index >= 15 is 0 Å². The lowest BCUT2D eigenvalue weighted by molar-refractivity contribution is -0.139. The van der Waals surface area contributed by atoms with Crippen LogP contribution >= 0.6 is 0 Å². The largest absolute Gasteiger partial charge is 0.496 e. The van der Waals surface area contributed by atoms with Gasteiger partial charge in [-0.25, -0.2) is 9.18 Å². The molecule has 0 aromatic heterocycles. The summed E-state index contributed by atoms with van der Waals surface area (Å²) in [4.78, 5) is 23.1. The third-order valence-corrected chi connectivity index (χ3v) is 3.05. The number of hydrogen-bond acceptors (Lipinski definition) is 3. The Kier molecular flexibility index (Phi) is 3.69. The second-order valence-electron chi connectivity index (χ2n) is 4.47. The molecule has 19 heavy (non-hydrogen) atoms. The quantitative estimate of drug-likeness (QED) is 0.846. The van der Waals surface area contributed by atoms with E-state index in [9.17, 15) is 14.0 Å². The number of halogens is 1. The molecule has 1 unspecified atom stereocenters. The van der Waals surface area contributed by atoms with E-state index < -0.39 is 23.7 Å². The lowest BCUT2D eigenvalue weighted by Crippen LogP contribution is -2.42. The average molecular weight is 267 g/mol. The minimum Gasteiger partial charge on any atom is -0.496 e. The number of methoxy groups -OCH3 is 1. The zero-order valence-electron chi connectivity index (χ0n) is 10.4. The zero-order valence-corrected chi connectivity index (χ0v) is 10.4. The number of carbonyl (C=O) groups is 2. The maximum Gasteiger partial charge on any atom is 0.326 e. The lowest BCUT2D eigenvalue weighted by Gasteiger charge is -2.15. The van der Waals surface area contributed by atoms with Gasteiger partial charge in [-0.1, -0.05) is 0 Å². The van der Waals surface area contributed by atoms with Gasteiger partial charge in [0.25, 0.3) is 5.91 Å². The predicted octanol–water partition coefficient (Wildman–Crippen LogP) is 1.43. The van der Waals surface area contributed by atoms with Gasteiger partial charge in [-0.3, -0.25) is 4.79 Å². The summed E-state index contributed by atoms with van der Waals surface area (Å²) >= 11 is 0. The molecule has 2 rings (SSSR count). The first-order chi connectivity index (χ1) is 9.02. The molecule has 0 bridgehead atoms. The summed E-state index contributed by atoms with van der Waals surface area (Å²) in [6, 6.07) is 2.60. The van der Waals surface area contributed by atoms with Gasteiger partial charge in [0.05, 0.1) is 12.7 Å². The standard InChI is InChI=1S/C13H14FNO4/c1-19-10-5-4-8(14)6-9(10)12(16)15-11(13(17)18)7-2-3-7/h4-7,11H,2-3H2,1H3,(H,15,16)(H,17,18). The number of aliphatic carboxylic acids is 1. The summed E-state index contributed by atoms with van der Waals surface area (Å²) in [6.45, 7) is 0. The Bertz CT molecular complexity index is 513. The summed E-state index contributed by atoms with van der Waals surface area (Å²) in [5.74, 6) is -2.13. The smallest absolute Gasteiger partial charge is 0.326 e. The highest BCUT2D eigenvalue weighted by Gasteiger charge is 2.37. The van der Waals surface area contributed by atoms with Crippen LogP contribution in [0.2, 0.25) is 0 Å². The van der Waals surface area contributed by atoms with Gasteiger partial charge < -0.3 is 15.2 Å². The van der Waals surface area contributed by atoms with Crippen molar-refractivity contribution in [3.63, 3.8) is 0 Å². The Morgan fingerprint density at radius 2 is 2.16 bits per heavy atom. The highest BCUT2D eigenvalue weighted by Crippen LogP contribution is 2.33. The zero-order chi connectivity index (χ0) is 14.0. The number of amides is 1. The van der Waals surface area contributed by atoms with Crippen molar-refractivity contribution < 1.29 is 23.8 Å². The molecule has 0 radical (unpaired) electrons. The Morgan fingerprint density at radius 1 is 1.47 bits per heavy atom. The summed E-state index contributed by atoms with van der Waals surface area (Å²) in [5.41, 5.74) is -0.00519. The SMILES string of the molecule is COc1ccc(F)cc1C(=O)NC(C(=O)O)C1CC1. The van der Waals surface area contributed by atoms with Crippen LogP contribution in [0.1, 0.15) is 23.2 Å².